The summed E-state index contributed by atoms with van der Waals surface area (Å²) < 4.78 is 0. The molecule has 2 aromatic carbocycles. The van der Waals surface area contributed by atoms with E-state index in [1.165, 1.54) is 56.3 Å². The van der Waals surface area contributed by atoms with E-state index < -0.39 is 0 Å². The summed E-state index contributed by atoms with van der Waals surface area (Å²) in [4.78, 5) is 27.1. The lowest BCUT2D eigenvalue weighted by Gasteiger charge is -2.13. The minimum absolute atomic E-state index is 0.125. The van der Waals surface area contributed by atoms with Crippen LogP contribution in [0.3, 0.4) is 0 Å². The minimum atomic E-state index is -0.130. The highest BCUT2D eigenvalue weighted by molar-refractivity contribution is 6.26. The van der Waals surface area contributed by atoms with Crippen LogP contribution in [0.4, 0.5) is 0 Å². The molecule has 2 amide bonds. The molecule has 0 radical (unpaired) electrons. The number of hydrogen-bond donors (Lipinski definition) is 0. The van der Waals surface area contributed by atoms with Gasteiger partial charge < -0.3 is 0 Å². The zero-order valence-electron chi connectivity index (χ0n) is 18.4. The van der Waals surface area contributed by atoms with Crippen molar-refractivity contribution in [2.45, 2.75) is 64.2 Å². The monoisotopic (exact) mass is 415 g/mol. The predicted molar refractivity (Wildman–Crippen MR) is 127 cm³/mol. The number of allylic oxidation sites excluding steroid dienone is 4. The van der Waals surface area contributed by atoms with E-state index in [4.69, 9.17) is 0 Å². The third-order valence-corrected chi connectivity index (χ3v) is 6.61. The van der Waals surface area contributed by atoms with Crippen LogP contribution in [0.15, 0.2) is 60.7 Å². The maximum atomic E-state index is 12.9. The molecule has 4 rings (SSSR count). The van der Waals surface area contributed by atoms with Gasteiger partial charge in [-0.15, -0.1) is 0 Å². The molecule has 0 N–H and O–H groups in total. The molecule has 0 saturated heterocycles. The Hall–Kier alpha value is -2.68. The summed E-state index contributed by atoms with van der Waals surface area (Å²) >= 11 is 0. The SMILES string of the molecule is O=C1c2ccc3ccccc3c2C(=O)N1CCCCCCCCCCCC1C=CC=C1. The summed E-state index contributed by atoms with van der Waals surface area (Å²) in [6, 6.07) is 11.5. The number of benzene rings is 2. The van der Waals surface area contributed by atoms with Crippen LogP contribution in [0.2, 0.25) is 0 Å². The lowest BCUT2D eigenvalue weighted by Crippen LogP contribution is -2.30. The zero-order valence-corrected chi connectivity index (χ0v) is 18.4. The number of carbonyl (C=O) groups excluding carboxylic acids is 2. The van der Waals surface area contributed by atoms with Gasteiger partial charge in [-0.05, 0) is 35.6 Å². The fourth-order valence-corrected chi connectivity index (χ4v) is 4.81. The van der Waals surface area contributed by atoms with Crippen molar-refractivity contribution >= 4 is 22.6 Å². The molecule has 0 saturated carbocycles. The number of hydrogen-bond acceptors (Lipinski definition) is 2. The first-order valence-corrected chi connectivity index (χ1v) is 12.0. The fraction of sp³-hybridized carbons (Fsp3) is 0.429. The predicted octanol–water partition coefficient (Wildman–Crippen LogP) is 7.08. The van der Waals surface area contributed by atoms with E-state index in [2.05, 4.69) is 24.3 Å². The number of imide groups is 1. The Morgan fingerprint density at radius 3 is 2.06 bits per heavy atom. The number of unbranched alkanes of at least 4 members (excludes halogenated alkanes) is 8. The van der Waals surface area contributed by atoms with E-state index in [1.54, 1.807) is 6.07 Å². The molecular formula is C28H33NO2. The van der Waals surface area contributed by atoms with Gasteiger partial charge in [0.05, 0.1) is 11.1 Å². The highest BCUT2D eigenvalue weighted by Crippen LogP contribution is 2.30. The Morgan fingerprint density at radius 2 is 1.32 bits per heavy atom. The Balaban J connectivity index is 1.10. The molecule has 0 atom stereocenters. The maximum absolute atomic E-state index is 12.9. The van der Waals surface area contributed by atoms with Crippen molar-refractivity contribution in [1.82, 2.24) is 4.90 Å². The summed E-state index contributed by atoms with van der Waals surface area (Å²) in [6.45, 7) is 0.532. The second kappa shape index (κ2) is 10.6. The van der Waals surface area contributed by atoms with Gasteiger partial charge in [-0.2, -0.15) is 0 Å². The smallest absolute Gasteiger partial charge is 0.262 e. The van der Waals surface area contributed by atoms with Crippen molar-refractivity contribution in [3.05, 3.63) is 71.8 Å². The van der Waals surface area contributed by atoms with Crippen molar-refractivity contribution in [2.24, 2.45) is 5.92 Å². The van der Waals surface area contributed by atoms with Crippen molar-refractivity contribution < 1.29 is 9.59 Å². The molecule has 162 valence electrons. The Morgan fingerprint density at radius 1 is 0.677 bits per heavy atom. The number of nitrogens with zero attached hydrogens (tertiary/aromatic N) is 1. The van der Waals surface area contributed by atoms with Crippen LogP contribution in [0.5, 0.6) is 0 Å². The molecule has 1 aliphatic heterocycles. The van der Waals surface area contributed by atoms with Gasteiger partial charge in [0, 0.05) is 6.54 Å². The normalized spacial score (nSPS) is 15.5. The first-order chi connectivity index (χ1) is 15.3. The molecule has 0 fully saturated rings. The largest absolute Gasteiger partial charge is 0.274 e. The van der Waals surface area contributed by atoms with Gasteiger partial charge in [0.25, 0.3) is 11.8 Å². The Bertz CT molecular complexity index is 976. The lowest BCUT2D eigenvalue weighted by molar-refractivity contribution is 0.0652. The van der Waals surface area contributed by atoms with Crippen LogP contribution in [-0.2, 0) is 0 Å². The molecule has 2 aromatic rings. The highest BCUT2D eigenvalue weighted by atomic mass is 16.2. The van der Waals surface area contributed by atoms with E-state index in [0.717, 1.165) is 23.6 Å². The molecule has 0 bridgehead atoms. The van der Waals surface area contributed by atoms with Crippen LogP contribution < -0.4 is 0 Å². The van der Waals surface area contributed by atoms with Crippen LogP contribution in [0.25, 0.3) is 10.8 Å². The first kappa shape index (κ1) is 21.5. The molecule has 2 aliphatic rings. The molecule has 31 heavy (non-hydrogen) atoms. The van der Waals surface area contributed by atoms with Gasteiger partial charge in [0.2, 0.25) is 0 Å². The van der Waals surface area contributed by atoms with Crippen LogP contribution >= 0.6 is 0 Å². The van der Waals surface area contributed by atoms with Crippen molar-refractivity contribution in [3.63, 3.8) is 0 Å². The second-order valence-corrected chi connectivity index (χ2v) is 8.88. The summed E-state index contributed by atoms with van der Waals surface area (Å²) in [5, 5.41) is 1.90. The average molecular weight is 416 g/mol. The van der Waals surface area contributed by atoms with Gasteiger partial charge in [0.1, 0.15) is 0 Å². The van der Waals surface area contributed by atoms with E-state index in [-0.39, 0.29) is 11.8 Å². The summed E-state index contributed by atoms with van der Waals surface area (Å²) in [5.74, 6) is 0.426. The molecular weight excluding hydrogens is 382 g/mol. The van der Waals surface area contributed by atoms with E-state index in [9.17, 15) is 9.59 Å². The van der Waals surface area contributed by atoms with Crippen LogP contribution in [-0.4, -0.2) is 23.3 Å². The van der Waals surface area contributed by atoms with Gasteiger partial charge in [-0.25, -0.2) is 0 Å². The summed E-state index contributed by atoms with van der Waals surface area (Å²) in [5.41, 5.74) is 1.15. The van der Waals surface area contributed by atoms with Gasteiger partial charge >= 0.3 is 0 Å². The summed E-state index contributed by atoms with van der Waals surface area (Å²) in [7, 11) is 0. The first-order valence-electron chi connectivity index (χ1n) is 12.0. The molecule has 0 aromatic heterocycles. The van der Waals surface area contributed by atoms with Crippen LogP contribution in [0.1, 0.15) is 84.9 Å². The third kappa shape index (κ3) is 5.15. The number of carbonyl (C=O) groups is 2. The summed E-state index contributed by atoms with van der Waals surface area (Å²) in [6.07, 6.45) is 21.2. The minimum Gasteiger partial charge on any atom is -0.274 e. The number of rotatable bonds is 12. The average Bonchev–Trinajstić information content (AvgIpc) is 3.39. The number of fused-ring (bicyclic) bond motifs is 3. The molecule has 3 heteroatoms. The fourth-order valence-electron chi connectivity index (χ4n) is 4.81. The second-order valence-electron chi connectivity index (χ2n) is 8.88. The standard InChI is InChI=1S/C28H33NO2/c30-27-25-20-19-23-17-11-12-18-24(23)26(25)28(31)29(27)21-13-7-5-3-1-2-4-6-8-14-22-15-9-10-16-22/h9-12,15-20,22H,1-8,13-14,21H2. The Kier molecular flexibility index (Phi) is 7.35. The van der Waals surface area contributed by atoms with Gasteiger partial charge in [-0.3, -0.25) is 14.5 Å². The van der Waals surface area contributed by atoms with E-state index >= 15 is 0 Å². The molecule has 0 spiro atoms. The van der Waals surface area contributed by atoms with Gasteiger partial charge in [0.15, 0.2) is 0 Å². The van der Waals surface area contributed by atoms with Crippen molar-refractivity contribution in [1.29, 1.82) is 0 Å². The quantitative estimate of drug-likeness (QED) is 0.274. The highest BCUT2D eigenvalue weighted by Gasteiger charge is 2.36. The Labute approximate surface area is 185 Å². The number of amides is 2. The maximum Gasteiger partial charge on any atom is 0.262 e. The van der Waals surface area contributed by atoms with E-state index in [0.29, 0.717) is 23.6 Å². The third-order valence-electron chi connectivity index (χ3n) is 6.61. The lowest BCUT2D eigenvalue weighted by atomic mass is 10.0. The topological polar surface area (TPSA) is 37.4 Å². The molecule has 3 nitrogen and oxygen atoms in total. The van der Waals surface area contributed by atoms with Crippen LogP contribution in [0, 0.1) is 5.92 Å². The molecule has 0 unspecified atom stereocenters. The van der Waals surface area contributed by atoms with Gasteiger partial charge in [-0.1, -0.05) is 106 Å². The molecule has 1 heterocycles. The van der Waals surface area contributed by atoms with Crippen molar-refractivity contribution in [2.75, 3.05) is 6.54 Å². The zero-order chi connectivity index (χ0) is 21.5. The van der Waals surface area contributed by atoms with Crippen molar-refractivity contribution in [3.8, 4) is 0 Å². The molecule has 1 aliphatic carbocycles. The van der Waals surface area contributed by atoms with E-state index in [1.807, 2.05) is 30.3 Å².